The van der Waals surface area contributed by atoms with E-state index in [4.69, 9.17) is 19.8 Å². The average Bonchev–Trinajstić information content (AvgIpc) is 2.63. The predicted molar refractivity (Wildman–Crippen MR) is 92.1 cm³/mol. The number of allylic oxidation sites excluding steroid dienone is 1. The van der Waals surface area contributed by atoms with Gasteiger partial charge >= 0.3 is 13.1 Å². The van der Waals surface area contributed by atoms with Gasteiger partial charge < -0.3 is 19.8 Å². The van der Waals surface area contributed by atoms with Gasteiger partial charge in [0, 0.05) is 11.7 Å². The molecule has 6 nitrogen and oxygen atoms in total. The van der Waals surface area contributed by atoms with Crippen molar-refractivity contribution in [2.24, 2.45) is 16.6 Å². The third-order valence-electron chi connectivity index (χ3n) is 4.26. The lowest BCUT2D eigenvalue weighted by Gasteiger charge is -2.32. The first-order valence-corrected chi connectivity index (χ1v) is 8.03. The zero-order valence-corrected chi connectivity index (χ0v) is 15.3. The van der Waals surface area contributed by atoms with Gasteiger partial charge in [-0.1, -0.05) is 13.8 Å². The summed E-state index contributed by atoms with van der Waals surface area (Å²) in [5, 5.41) is 0. The minimum Gasteiger partial charge on any atom is -0.464 e. The van der Waals surface area contributed by atoms with Crippen molar-refractivity contribution < 1.29 is 18.8 Å². The van der Waals surface area contributed by atoms with E-state index in [9.17, 15) is 4.79 Å². The summed E-state index contributed by atoms with van der Waals surface area (Å²) in [4.78, 5) is 16.3. The molecule has 1 fully saturated rings. The van der Waals surface area contributed by atoms with Crippen molar-refractivity contribution in [2.75, 3.05) is 6.61 Å². The Morgan fingerprint density at radius 2 is 1.78 bits per heavy atom. The molecule has 1 rings (SSSR count). The number of carbonyl (C=O) groups excluding carboxylic acids is 1. The summed E-state index contributed by atoms with van der Waals surface area (Å²) < 4.78 is 16.9. The van der Waals surface area contributed by atoms with Gasteiger partial charge in [-0.25, -0.2) is 4.79 Å². The van der Waals surface area contributed by atoms with Gasteiger partial charge in [0.25, 0.3) is 0 Å². The topological polar surface area (TPSA) is 83.1 Å². The van der Waals surface area contributed by atoms with E-state index in [-0.39, 0.29) is 11.9 Å². The summed E-state index contributed by atoms with van der Waals surface area (Å²) in [5.41, 5.74) is 5.36. The van der Waals surface area contributed by atoms with Gasteiger partial charge in [0.1, 0.15) is 6.04 Å². The van der Waals surface area contributed by atoms with Crippen molar-refractivity contribution in [1.82, 2.24) is 0 Å². The number of aliphatic imine (C=N–C) groups is 1. The van der Waals surface area contributed by atoms with Crippen molar-refractivity contribution in [2.45, 2.75) is 65.7 Å². The fourth-order valence-corrected chi connectivity index (χ4v) is 2.06. The smallest absolute Gasteiger partial charge is 0.464 e. The number of nitrogens with two attached hydrogens (primary N) is 1. The lowest BCUT2D eigenvalue weighted by molar-refractivity contribution is -0.145. The third-order valence-corrected chi connectivity index (χ3v) is 4.26. The molecule has 7 heteroatoms. The van der Waals surface area contributed by atoms with Gasteiger partial charge in [0.2, 0.25) is 0 Å². The van der Waals surface area contributed by atoms with Crippen molar-refractivity contribution >= 4 is 19.3 Å². The summed E-state index contributed by atoms with van der Waals surface area (Å²) in [6.45, 7) is 13.8. The first kappa shape index (κ1) is 19.7. The number of ether oxygens (including phenoxy) is 1. The number of rotatable bonds is 6. The van der Waals surface area contributed by atoms with Crippen LogP contribution in [-0.2, 0) is 18.8 Å². The minimum absolute atomic E-state index is 0.0163. The Balaban J connectivity index is 2.90. The molecule has 1 aliphatic heterocycles. The minimum atomic E-state index is -0.608. The number of carbonyl (C=O) groups is 1. The van der Waals surface area contributed by atoms with Crippen molar-refractivity contribution in [1.29, 1.82) is 0 Å². The first-order chi connectivity index (χ1) is 10.6. The Labute approximate surface area is 139 Å². The molecule has 23 heavy (non-hydrogen) atoms. The van der Waals surface area contributed by atoms with Gasteiger partial charge in [-0.3, -0.25) is 4.99 Å². The SMILES string of the molecule is CCOC(=O)C(N=CC(=CN)B1OC(C)(C)C(C)(C)O1)C(C)C. The average molecular weight is 324 g/mol. The van der Waals surface area contributed by atoms with Gasteiger partial charge in [-0.15, -0.1) is 0 Å². The van der Waals surface area contributed by atoms with E-state index < -0.39 is 24.4 Å². The molecule has 0 spiro atoms. The normalized spacial score (nSPS) is 21.9. The van der Waals surface area contributed by atoms with Crippen molar-refractivity contribution in [3.63, 3.8) is 0 Å². The summed E-state index contributed by atoms with van der Waals surface area (Å²) in [7, 11) is -0.608. The predicted octanol–water partition coefficient (Wildman–Crippen LogP) is 2.12. The van der Waals surface area contributed by atoms with Crippen LogP contribution in [0, 0.1) is 5.92 Å². The maximum absolute atomic E-state index is 12.0. The highest BCUT2D eigenvalue weighted by atomic mass is 16.7. The molecule has 1 atom stereocenters. The summed E-state index contributed by atoms with van der Waals surface area (Å²) in [5.74, 6) is -0.327. The molecule has 0 aliphatic carbocycles. The Hall–Kier alpha value is -1.34. The number of esters is 1. The molecular weight excluding hydrogens is 295 g/mol. The zero-order valence-electron chi connectivity index (χ0n) is 15.3. The molecule has 0 saturated carbocycles. The molecule has 1 aliphatic rings. The molecule has 0 aromatic heterocycles. The Bertz CT molecular complexity index is 470. The maximum Gasteiger partial charge on any atom is 0.497 e. The van der Waals surface area contributed by atoms with Crippen LogP contribution < -0.4 is 5.73 Å². The van der Waals surface area contributed by atoms with Crippen molar-refractivity contribution in [3.05, 3.63) is 11.7 Å². The van der Waals surface area contributed by atoms with Crippen LogP contribution in [0.4, 0.5) is 0 Å². The van der Waals surface area contributed by atoms with E-state index >= 15 is 0 Å². The van der Waals surface area contributed by atoms with Gasteiger partial charge in [-0.2, -0.15) is 0 Å². The second-order valence-corrected chi connectivity index (χ2v) is 6.97. The van der Waals surface area contributed by atoms with E-state index in [1.165, 1.54) is 6.20 Å². The lowest BCUT2D eigenvalue weighted by Crippen LogP contribution is -2.41. The van der Waals surface area contributed by atoms with E-state index in [2.05, 4.69) is 4.99 Å². The molecule has 0 radical (unpaired) electrons. The summed E-state index contributed by atoms with van der Waals surface area (Å²) >= 11 is 0. The van der Waals surface area contributed by atoms with Crippen LogP contribution in [0.15, 0.2) is 16.7 Å². The molecular formula is C16H29BN2O4. The Kier molecular flexibility index (Phi) is 6.42. The van der Waals surface area contributed by atoms with Gasteiger partial charge in [0.15, 0.2) is 0 Å². The summed E-state index contributed by atoms with van der Waals surface area (Å²) in [6, 6.07) is -0.577. The molecule has 130 valence electrons. The van der Waals surface area contributed by atoms with Crippen LogP contribution in [0.2, 0.25) is 0 Å². The molecule has 2 N–H and O–H groups in total. The number of hydrogen-bond donors (Lipinski definition) is 1. The Morgan fingerprint density at radius 3 is 2.17 bits per heavy atom. The highest BCUT2D eigenvalue weighted by Gasteiger charge is 2.52. The molecule has 1 unspecified atom stereocenters. The van der Waals surface area contributed by atoms with Crippen LogP contribution in [-0.4, -0.2) is 43.2 Å². The second-order valence-electron chi connectivity index (χ2n) is 6.97. The number of nitrogens with zero attached hydrogens (tertiary/aromatic N) is 1. The first-order valence-electron chi connectivity index (χ1n) is 8.03. The number of hydrogen-bond acceptors (Lipinski definition) is 6. The Morgan fingerprint density at radius 1 is 1.26 bits per heavy atom. The molecule has 0 amide bonds. The second kappa shape index (κ2) is 7.49. The standard InChI is InChI=1S/C16H29BN2O4/c1-8-21-14(20)13(11(2)3)19-10-12(9-18)17-22-15(4,5)16(6,7)23-17/h9-11,13H,8,18H2,1-7H3. The van der Waals surface area contributed by atoms with Gasteiger partial charge in [-0.05, 0) is 46.7 Å². The van der Waals surface area contributed by atoms with E-state index in [0.717, 1.165) is 0 Å². The third kappa shape index (κ3) is 4.58. The van der Waals surface area contributed by atoms with E-state index in [1.54, 1.807) is 13.1 Å². The quantitative estimate of drug-likeness (QED) is 0.460. The molecule has 0 bridgehead atoms. The van der Waals surface area contributed by atoms with Crippen LogP contribution in [0.3, 0.4) is 0 Å². The van der Waals surface area contributed by atoms with Crippen molar-refractivity contribution in [3.8, 4) is 0 Å². The fraction of sp³-hybridized carbons (Fsp3) is 0.750. The molecule has 1 heterocycles. The van der Waals surface area contributed by atoms with Gasteiger partial charge in [0.05, 0.1) is 17.8 Å². The van der Waals surface area contributed by atoms with Crippen LogP contribution >= 0.6 is 0 Å². The maximum atomic E-state index is 12.0. The van der Waals surface area contributed by atoms with Crippen LogP contribution in [0.5, 0.6) is 0 Å². The van der Waals surface area contributed by atoms with E-state index in [0.29, 0.717) is 12.1 Å². The molecule has 0 aromatic rings. The fourth-order valence-electron chi connectivity index (χ4n) is 2.06. The monoisotopic (exact) mass is 324 g/mol. The highest BCUT2D eigenvalue weighted by Crippen LogP contribution is 2.38. The largest absolute Gasteiger partial charge is 0.497 e. The van der Waals surface area contributed by atoms with Crippen LogP contribution in [0.25, 0.3) is 0 Å². The summed E-state index contributed by atoms with van der Waals surface area (Å²) in [6.07, 6.45) is 2.94. The molecule has 0 aromatic carbocycles. The van der Waals surface area contributed by atoms with Crippen LogP contribution in [0.1, 0.15) is 48.5 Å². The van der Waals surface area contributed by atoms with E-state index in [1.807, 2.05) is 41.5 Å². The molecule has 1 saturated heterocycles. The highest BCUT2D eigenvalue weighted by molar-refractivity contribution is 6.60. The zero-order chi connectivity index (χ0) is 17.8. The lowest BCUT2D eigenvalue weighted by atomic mass is 9.79.